The van der Waals surface area contributed by atoms with Gasteiger partial charge in [0.05, 0.1) is 6.61 Å². The van der Waals surface area contributed by atoms with E-state index in [1.165, 1.54) is 25.7 Å². The van der Waals surface area contributed by atoms with Gasteiger partial charge in [0.2, 0.25) is 5.91 Å². The molecule has 3 rings (SSSR count). The van der Waals surface area contributed by atoms with E-state index >= 15 is 0 Å². The Morgan fingerprint density at radius 2 is 2.05 bits per heavy atom. The molecule has 0 aliphatic heterocycles. The number of nitrogens with one attached hydrogen (secondary N) is 1. The molecule has 2 saturated carbocycles. The van der Waals surface area contributed by atoms with Crippen LogP contribution < -0.4 is 5.48 Å². The number of amides is 1. The molecule has 0 aromatic heterocycles. The lowest BCUT2D eigenvalue weighted by Gasteiger charge is -2.20. The summed E-state index contributed by atoms with van der Waals surface area (Å²) in [7, 11) is 0. The van der Waals surface area contributed by atoms with Crippen molar-refractivity contribution in [1.29, 1.82) is 0 Å². The first kappa shape index (κ1) is 12.7. The second-order valence-electron chi connectivity index (χ2n) is 5.94. The summed E-state index contributed by atoms with van der Waals surface area (Å²) in [6, 6.07) is 9.88. The first-order valence-corrected chi connectivity index (χ1v) is 7.26. The molecule has 2 fully saturated rings. The fourth-order valence-corrected chi connectivity index (χ4v) is 3.68. The molecule has 1 amide bonds. The first-order chi connectivity index (χ1) is 9.31. The van der Waals surface area contributed by atoms with Crippen molar-refractivity contribution in [3.8, 4) is 0 Å². The van der Waals surface area contributed by atoms with Crippen LogP contribution in [0.25, 0.3) is 0 Å². The first-order valence-electron chi connectivity index (χ1n) is 7.26. The van der Waals surface area contributed by atoms with Crippen LogP contribution in [-0.4, -0.2) is 5.91 Å². The number of rotatable bonds is 5. The summed E-state index contributed by atoms with van der Waals surface area (Å²) < 4.78 is 0. The monoisotopic (exact) mass is 259 g/mol. The summed E-state index contributed by atoms with van der Waals surface area (Å²) in [4.78, 5) is 17.1. The highest BCUT2D eigenvalue weighted by atomic mass is 16.6. The molecule has 0 spiro atoms. The van der Waals surface area contributed by atoms with Gasteiger partial charge >= 0.3 is 0 Å². The van der Waals surface area contributed by atoms with Crippen LogP contribution in [0.15, 0.2) is 30.3 Å². The topological polar surface area (TPSA) is 38.3 Å². The normalized spacial score (nSPS) is 28.5. The molecule has 2 aliphatic rings. The summed E-state index contributed by atoms with van der Waals surface area (Å²) in [5.74, 6) is 2.32. The third-order valence-corrected chi connectivity index (χ3v) is 4.60. The highest BCUT2D eigenvalue weighted by molar-refractivity contribution is 5.75. The number of hydrogen-bond donors (Lipinski definition) is 1. The Hall–Kier alpha value is -1.35. The van der Waals surface area contributed by atoms with Gasteiger partial charge in [0.15, 0.2) is 0 Å². The fourth-order valence-electron chi connectivity index (χ4n) is 3.68. The van der Waals surface area contributed by atoms with E-state index in [4.69, 9.17) is 4.84 Å². The third kappa shape index (κ3) is 3.16. The Morgan fingerprint density at radius 3 is 2.74 bits per heavy atom. The molecule has 19 heavy (non-hydrogen) atoms. The molecule has 3 heteroatoms. The third-order valence-electron chi connectivity index (χ3n) is 4.60. The van der Waals surface area contributed by atoms with Gasteiger partial charge in [0.1, 0.15) is 0 Å². The average Bonchev–Trinajstić information content (AvgIpc) is 3.02. The summed E-state index contributed by atoms with van der Waals surface area (Å²) in [5, 5.41) is 0. The molecule has 2 bridgehead atoms. The van der Waals surface area contributed by atoms with Crippen LogP contribution in [0.2, 0.25) is 0 Å². The number of hydrogen-bond acceptors (Lipinski definition) is 2. The number of carbonyl (C=O) groups excluding carboxylic acids is 1. The van der Waals surface area contributed by atoms with Crippen molar-refractivity contribution in [1.82, 2.24) is 5.48 Å². The van der Waals surface area contributed by atoms with E-state index in [1.54, 1.807) is 0 Å². The fraction of sp³-hybridized carbons (Fsp3) is 0.562. The molecule has 0 saturated heterocycles. The van der Waals surface area contributed by atoms with Crippen LogP contribution in [0.5, 0.6) is 0 Å². The molecule has 3 atom stereocenters. The molecule has 0 radical (unpaired) electrons. The van der Waals surface area contributed by atoms with Crippen molar-refractivity contribution >= 4 is 5.91 Å². The Bertz CT molecular complexity index is 432. The van der Waals surface area contributed by atoms with Crippen molar-refractivity contribution < 1.29 is 9.63 Å². The molecule has 1 aromatic carbocycles. The van der Waals surface area contributed by atoms with Gasteiger partial charge in [0.25, 0.3) is 0 Å². The van der Waals surface area contributed by atoms with Gasteiger partial charge < -0.3 is 0 Å². The number of fused-ring (bicyclic) bond motifs is 2. The minimum atomic E-state index is 0.0356. The molecule has 3 nitrogen and oxygen atoms in total. The van der Waals surface area contributed by atoms with Crippen molar-refractivity contribution in [2.45, 2.75) is 38.7 Å². The van der Waals surface area contributed by atoms with Gasteiger partial charge in [-0.3, -0.25) is 9.63 Å². The number of carbonyl (C=O) groups is 1. The molecular weight excluding hydrogens is 238 g/mol. The van der Waals surface area contributed by atoms with E-state index in [9.17, 15) is 4.79 Å². The lowest BCUT2D eigenvalue weighted by atomic mass is 9.86. The molecule has 1 aromatic rings. The van der Waals surface area contributed by atoms with E-state index in [-0.39, 0.29) is 5.91 Å². The lowest BCUT2D eigenvalue weighted by molar-refractivity contribution is -0.135. The van der Waals surface area contributed by atoms with Crippen LogP contribution in [-0.2, 0) is 16.2 Å². The Kier molecular flexibility index (Phi) is 3.83. The van der Waals surface area contributed by atoms with E-state index in [0.29, 0.717) is 18.9 Å². The molecule has 0 unspecified atom stereocenters. The second kappa shape index (κ2) is 5.74. The minimum Gasteiger partial charge on any atom is -0.273 e. The number of benzene rings is 1. The van der Waals surface area contributed by atoms with Crippen molar-refractivity contribution in [2.75, 3.05) is 0 Å². The summed E-state index contributed by atoms with van der Waals surface area (Å²) in [5.41, 5.74) is 3.65. The second-order valence-corrected chi connectivity index (χ2v) is 5.94. The van der Waals surface area contributed by atoms with Crippen LogP contribution in [0, 0.1) is 17.8 Å². The lowest BCUT2D eigenvalue weighted by Crippen LogP contribution is -2.27. The summed E-state index contributed by atoms with van der Waals surface area (Å²) in [6.45, 7) is 0.434. The maximum Gasteiger partial charge on any atom is 0.243 e. The van der Waals surface area contributed by atoms with Gasteiger partial charge in [-0.2, -0.15) is 0 Å². The number of hydroxylamine groups is 1. The van der Waals surface area contributed by atoms with Crippen LogP contribution >= 0.6 is 0 Å². The van der Waals surface area contributed by atoms with Gasteiger partial charge in [-0.25, -0.2) is 5.48 Å². The Labute approximate surface area is 114 Å². The van der Waals surface area contributed by atoms with E-state index < -0.39 is 0 Å². The Morgan fingerprint density at radius 1 is 1.21 bits per heavy atom. The standard InChI is InChI=1S/C16H21NO2/c18-16(10-15-9-13-6-7-14(15)8-13)17-19-11-12-4-2-1-3-5-12/h1-5,13-15H,6-11H2,(H,17,18)/t13-,14-,15-/m1/s1. The molecule has 0 heterocycles. The summed E-state index contributed by atoms with van der Waals surface area (Å²) >= 11 is 0. The molecule has 1 N–H and O–H groups in total. The van der Waals surface area contributed by atoms with Crippen molar-refractivity contribution in [3.63, 3.8) is 0 Å². The minimum absolute atomic E-state index is 0.0356. The molecule has 2 aliphatic carbocycles. The maximum atomic E-state index is 11.8. The van der Waals surface area contributed by atoms with Gasteiger partial charge in [-0.15, -0.1) is 0 Å². The van der Waals surface area contributed by atoms with Crippen molar-refractivity contribution in [2.24, 2.45) is 17.8 Å². The highest BCUT2D eigenvalue weighted by Crippen LogP contribution is 2.49. The van der Waals surface area contributed by atoms with Crippen molar-refractivity contribution in [3.05, 3.63) is 35.9 Å². The maximum absolute atomic E-state index is 11.8. The average molecular weight is 259 g/mol. The van der Waals surface area contributed by atoms with Gasteiger partial charge in [-0.1, -0.05) is 36.8 Å². The largest absolute Gasteiger partial charge is 0.273 e. The van der Waals surface area contributed by atoms with Crippen LogP contribution in [0.4, 0.5) is 0 Å². The van der Waals surface area contributed by atoms with E-state index in [0.717, 1.165) is 17.4 Å². The Balaban J connectivity index is 1.38. The zero-order chi connectivity index (χ0) is 13.1. The van der Waals surface area contributed by atoms with Gasteiger partial charge in [0, 0.05) is 6.42 Å². The summed E-state index contributed by atoms with van der Waals surface area (Å²) in [6.07, 6.45) is 5.94. The SMILES string of the molecule is O=C(C[C@H]1C[C@@H]2CC[C@@H]1C2)NOCc1ccccc1. The van der Waals surface area contributed by atoms with Crippen LogP contribution in [0.3, 0.4) is 0 Å². The van der Waals surface area contributed by atoms with Gasteiger partial charge in [-0.05, 0) is 42.6 Å². The zero-order valence-electron chi connectivity index (χ0n) is 11.2. The molecular formula is C16H21NO2. The van der Waals surface area contributed by atoms with Crippen LogP contribution in [0.1, 0.15) is 37.7 Å². The molecule has 102 valence electrons. The zero-order valence-corrected chi connectivity index (χ0v) is 11.2. The quantitative estimate of drug-likeness (QED) is 0.825. The highest BCUT2D eigenvalue weighted by Gasteiger charge is 2.40. The predicted octanol–water partition coefficient (Wildman–Crippen LogP) is 3.06. The smallest absolute Gasteiger partial charge is 0.243 e. The predicted molar refractivity (Wildman–Crippen MR) is 72.9 cm³/mol. The van der Waals surface area contributed by atoms with E-state index in [1.807, 2.05) is 30.3 Å². The van der Waals surface area contributed by atoms with E-state index in [2.05, 4.69) is 5.48 Å².